The first-order valence-corrected chi connectivity index (χ1v) is 5.96. The summed E-state index contributed by atoms with van der Waals surface area (Å²) in [5, 5.41) is 0. The van der Waals surface area contributed by atoms with Crippen LogP contribution >= 0.6 is 0 Å². The molecule has 0 amide bonds. The highest BCUT2D eigenvalue weighted by molar-refractivity contribution is 7.85. The fourth-order valence-corrected chi connectivity index (χ4v) is 2.53. The molecule has 3 heteroatoms. The lowest BCUT2D eigenvalue weighted by Crippen LogP contribution is -2.16. The zero-order valence-corrected chi connectivity index (χ0v) is 8.52. The Bertz CT molecular complexity index is 195. The highest BCUT2D eigenvalue weighted by atomic mass is 32.2. The lowest BCUT2D eigenvalue weighted by atomic mass is 10.3. The van der Waals surface area contributed by atoms with Crippen LogP contribution in [-0.4, -0.2) is 21.5 Å². The molecule has 1 aliphatic rings. The van der Waals surface area contributed by atoms with Gasteiger partial charge in [0, 0.05) is 22.5 Å². The molecule has 1 atom stereocenters. The van der Waals surface area contributed by atoms with E-state index in [1.54, 1.807) is 0 Å². The molecule has 0 aromatic heterocycles. The lowest BCUT2D eigenvalue weighted by Gasteiger charge is -2.03. The van der Waals surface area contributed by atoms with Gasteiger partial charge in [-0.2, -0.15) is 0 Å². The summed E-state index contributed by atoms with van der Waals surface area (Å²) in [6, 6.07) is 0. The molecule has 12 heavy (non-hydrogen) atoms. The number of rotatable bonds is 5. The van der Waals surface area contributed by atoms with Crippen molar-refractivity contribution in [3.8, 4) is 0 Å². The molecular formula is C9H16O2S. The minimum absolute atomic E-state index is 0.217. The molecule has 0 spiro atoms. The fraction of sp³-hybridized carbons (Fsp3) is 0.889. The molecule has 0 aromatic carbocycles. The van der Waals surface area contributed by atoms with Gasteiger partial charge in [-0.25, -0.2) is 0 Å². The molecule has 1 saturated carbocycles. The Morgan fingerprint density at radius 3 is 2.50 bits per heavy atom. The standard InChI is InChI=1S/C9H16O2S/c1-7(2)5-12(11)6-9(10)8-3-4-8/h7-8H,3-6H2,1-2H3. The smallest absolute Gasteiger partial charge is 0.148 e. The first kappa shape index (κ1) is 9.90. The normalized spacial score (nSPS) is 19.6. The van der Waals surface area contributed by atoms with Gasteiger partial charge in [0.2, 0.25) is 0 Å². The van der Waals surface area contributed by atoms with E-state index in [1.165, 1.54) is 0 Å². The van der Waals surface area contributed by atoms with E-state index in [2.05, 4.69) is 0 Å². The minimum atomic E-state index is -0.910. The van der Waals surface area contributed by atoms with E-state index in [4.69, 9.17) is 0 Å². The zero-order chi connectivity index (χ0) is 9.14. The molecule has 0 saturated heterocycles. The van der Waals surface area contributed by atoms with Crippen LogP contribution in [0.25, 0.3) is 0 Å². The van der Waals surface area contributed by atoms with Crippen molar-refractivity contribution in [2.24, 2.45) is 11.8 Å². The summed E-state index contributed by atoms with van der Waals surface area (Å²) in [7, 11) is -0.910. The number of carbonyl (C=O) groups excluding carboxylic acids is 1. The van der Waals surface area contributed by atoms with E-state index in [9.17, 15) is 9.00 Å². The second-order valence-corrected chi connectivity index (χ2v) is 5.39. The first-order chi connectivity index (χ1) is 5.59. The maximum Gasteiger partial charge on any atom is 0.148 e. The highest BCUT2D eigenvalue weighted by Gasteiger charge is 2.30. The van der Waals surface area contributed by atoms with Crippen LogP contribution in [0.15, 0.2) is 0 Å². The molecule has 0 aliphatic heterocycles. The van der Waals surface area contributed by atoms with E-state index in [0.29, 0.717) is 17.4 Å². The van der Waals surface area contributed by atoms with Crippen molar-refractivity contribution in [1.29, 1.82) is 0 Å². The molecule has 2 nitrogen and oxygen atoms in total. The molecule has 1 rings (SSSR count). The summed E-state index contributed by atoms with van der Waals surface area (Å²) in [4.78, 5) is 11.2. The largest absolute Gasteiger partial charge is 0.298 e. The monoisotopic (exact) mass is 188 g/mol. The van der Waals surface area contributed by atoms with Crippen molar-refractivity contribution in [2.75, 3.05) is 11.5 Å². The summed E-state index contributed by atoms with van der Waals surface area (Å²) in [5.74, 6) is 1.87. The van der Waals surface area contributed by atoms with Crippen LogP contribution < -0.4 is 0 Å². The quantitative estimate of drug-likeness (QED) is 0.653. The van der Waals surface area contributed by atoms with Crippen LogP contribution in [0.2, 0.25) is 0 Å². The lowest BCUT2D eigenvalue weighted by molar-refractivity contribution is -0.117. The molecule has 0 bridgehead atoms. The van der Waals surface area contributed by atoms with E-state index < -0.39 is 10.8 Å². The average molecular weight is 188 g/mol. The van der Waals surface area contributed by atoms with Crippen molar-refractivity contribution in [3.63, 3.8) is 0 Å². The predicted octanol–water partition coefficient (Wildman–Crippen LogP) is 1.37. The molecule has 0 aromatic rings. The highest BCUT2D eigenvalue weighted by Crippen LogP contribution is 2.29. The zero-order valence-electron chi connectivity index (χ0n) is 7.71. The van der Waals surface area contributed by atoms with Crippen molar-refractivity contribution in [3.05, 3.63) is 0 Å². The van der Waals surface area contributed by atoms with Gasteiger partial charge >= 0.3 is 0 Å². The Hall–Kier alpha value is -0.180. The van der Waals surface area contributed by atoms with E-state index >= 15 is 0 Å². The third-order valence-corrected chi connectivity index (χ3v) is 3.50. The summed E-state index contributed by atoms with van der Waals surface area (Å²) >= 11 is 0. The second-order valence-electron chi connectivity index (χ2n) is 3.89. The Morgan fingerprint density at radius 1 is 1.50 bits per heavy atom. The van der Waals surface area contributed by atoms with Gasteiger partial charge in [-0.1, -0.05) is 13.8 Å². The topological polar surface area (TPSA) is 34.1 Å². The van der Waals surface area contributed by atoms with E-state index in [0.717, 1.165) is 12.8 Å². The maximum atomic E-state index is 11.3. The summed E-state index contributed by atoms with van der Waals surface area (Å²) in [6.45, 7) is 4.05. The van der Waals surface area contributed by atoms with Crippen LogP contribution in [0.3, 0.4) is 0 Å². The molecular weight excluding hydrogens is 172 g/mol. The van der Waals surface area contributed by atoms with Gasteiger partial charge in [-0.3, -0.25) is 9.00 Å². The van der Waals surface area contributed by atoms with Gasteiger partial charge < -0.3 is 0 Å². The van der Waals surface area contributed by atoms with Crippen molar-refractivity contribution in [1.82, 2.24) is 0 Å². The Morgan fingerprint density at radius 2 is 2.08 bits per heavy atom. The third-order valence-electron chi connectivity index (χ3n) is 1.86. The maximum absolute atomic E-state index is 11.3. The minimum Gasteiger partial charge on any atom is -0.298 e. The molecule has 0 radical (unpaired) electrons. The number of hydrogen-bond acceptors (Lipinski definition) is 2. The Labute approximate surface area is 76.2 Å². The van der Waals surface area contributed by atoms with Gasteiger partial charge in [0.25, 0.3) is 0 Å². The van der Waals surface area contributed by atoms with Crippen LogP contribution in [0, 0.1) is 11.8 Å². The Kier molecular flexibility index (Phi) is 3.44. The summed E-state index contributed by atoms with van der Waals surface area (Å²) < 4.78 is 11.3. The van der Waals surface area contributed by atoms with Crippen LogP contribution in [0.5, 0.6) is 0 Å². The van der Waals surface area contributed by atoms with Gasteiger partial charge in [-0.05, 0) is 18.8 Å². The van der Waals surface area contributed by atoms with Crippen LogP contribution in [0.4, 0.5) is 0 Å². The Balaban J connectivity index is 2.20. The number of Topliss-reactive ketones (excluding diaryl/α,β-unsaturated/α-hetero) is 1. The first-order valence-electron chi connectivity index (χ1n) is 4.47. The molecule has 0 heterocycles. The second kappa shape index (κ2) is 4.17. The third kappa shape index (κ3) is 3.48. The molecule has 0 N–H and O–H groups in total. The number of hydrogen-bond donors (Lipinski definition) is 0. The molecule has 1 fully saturated rings. The van der Waals surface area contributed by atoms with Crippen molar-refractivity contribution >= 4 is 16.6 Å². The van der Waals surface area contributed by atoms with Crippen molar-refractivity contribution in [2.45, 2.75) is 26.7 Å². The summed E-state index contributed by atoms with van der Waals surface area (Å²) in [6.07, 6.45) is 2.05. The van der Waals surface area contributed by atoms with Gasteiger partial charge in [-0.15, -0.1) is 0 Å². The molecule has 1 unspecified atom stereocenters. The number of carbonyl (C=O) groups is 1. The molecule has 1 aliphatic carbocycles. The van der Waals surface area contributed by atoms with Gasteiger partial charge in [0.1, 0.15) is 5.78 Å². The van der Waals surface area contributed by atoms with Gasteiger partial charge in [0.15, 0.2) is 0 Å². The van der Waals surface area contributed by atoms with Crippen LogP contribution in [-0.2, 0) is 15.6 Å². The predicted molar refractivity (Wildman–Crippen MR) is 50.4 cm³/mol. The van der Waals surface area contributed by atoms with Crippen LogP contribution in [0.1, 0.15) is 26.7 Å². The summed E-state index contributed by atoms with van der Waals surface area (Å²) in [5.41, 5.74) is 0. The van der Waals surface area contributed by atoms with E-state index in [-0.39, 0.29) is 11.7 Å². The van der Waals surface area contributed by atoms with Crippen molar-refractivity contribution < 1.29 is 9.00 Å². The van der Waals surface area contributed by atoms with Gasteiger partial charge in [0.05, 0.1) is 5.75 Å². The average Bonchev–Trinajstić information content (AvgIpc) is 2.63. The number of ketones is 1. The molecule has 70 valence electrons. The SMILES string of the molecule is CC(C)CS(=O)CC(=O)C1CC1. The fourth-order valence-electron chi connectivity index (χ4n) is 1.11. The van der Waals surface area contributed by atoms with E-state index in [1.807, 2.05) is 13.8 Å².